The molecule has 2 rings (SSSR count). The van der Waals surface area contributed by atoms with Gasteiger partial charge >= 0.3 is 0 Å². The maximum absolute atomic E-state index is 10.3. The second-order valence-electron chi connectivity index (χ2n) is 9.62. The van der Waals surface area contributed by atoms with Crippen LogP contribution in [0.15, 0.2) is 0 Å². The maximum atomic E-state index is 10.3. The summed E-state index contributed by atoms with van der Waals surface area (Å²) in [6.07, 6.45) is 2.47. The molecule has 4 unspecified atom stereocenters. The zero-order valence-corrected chi connectivity index (χ0v) is 16.5. The monoisotopic (exact) mass is 341 g/mol. The Bertz CT molecular complexity index is 406. The Balaban J connectivity index is 1.93. The van der Waals surface area contributed by atoms with E-state index in [0.717, 1.165) is 45.4 Å². The zero-order valence-electron chi connectivity index (χ0n) is 16.5. The van der Waals surface area contributed by atoms with Gasteiger partial charge in [0.25, 0.3) is 0 Å². The van der Waals surface area contributed by atoms with Crippen LogP contribution in [0, 0.1) is 5.92 Å². The SMILES string of the molecule is CC(O)NC1CCN(C(C)(C)CC2CC(O)CN(C(C)(C)C)C2)C1. The number of hydrogen-bond acceptors (Lipinski definition) is 5. The van der Waals surface area contributed by atoms with Crippen LogP contribution in [0.5, 0.6) is 0 Å². The van der Waals surface area contributed by atoms with E-state index >= 15 is 0 Å². The maximum Gasteiger partial charge on any atom is 0.102 e. The highest BCUT2D eigenvalue weighted by molar-refractivity contribution is 4.95. The van der Waals surface area contributed by atoms with Crippen molar-refractivity contribution in [3.8, 4) is 0 Å². The van der Waals surface area contributed by atoms with E-state index in [-0.39, 0.29) is 17.2 Å². The summed E-state index contributed by atoms with van der Waals surface area (Å²) in [4.78, 5) is 4.99. The predicted octanol–water partition coefficient (Wildman–Crippen LogP) is 1.64. The van der Waals surface area contributed by atoms with Gasteiger partial charge in [-0.25, -0.2) is 0 Å². The number of nitrogens with one attached hydrogen (secondary N) is 1. The highest BCUT2D eigenvalue weighted by Gasteiger charge is 2.39. The third-order valence-electron chi connectivity index (χ3n) is 5.77. The molecule has 0 amide bonds. The summed E-state index contributed by atoms with van der Waals surface area (Å²) in [6, 6.07) is 0.382. The molecule has 2 heterocycles. The Morgan fingerprint density at radius 3 is 2.33 bits per heavy atom. The molecule has 0 bridgehead atoms. The fraction of sp³-hybridized carbons (Fsp3) is 1.00. The molecule has 3 N–H and O–H groups in total. The number of likely N-dealkylation sites (tertiary alicyclic amines) is 2. The van der Waals surface area contributed by atoms with Crippen molar-refractivity contribution in [3.63, 3.8) is 0 Å². The van der Waals surface area contributed by atoms with Gasteiger partial charge in [0.2, 0.25) is 0 Å². The van der Waals surface area contributed by atoms with Crippen LogP contribution in [0.25, 0.3) is 0 Å². The molecule has 0 radical (unpaired) electrons. The Morgan fingerprint density at radius 2 is 1.75 bits per heavy atom. The molecular formula is C19H39N3O2. The third kappa shape index (κ3) is 5.40. The lowest BCUT2D eigenvalue weighted by Crippen LogP contribution is -2.54. The number of aliphatic hydroxyl groups excluding tert-OH is 2. The van der Waals surface area contributed by atoms with Gasteiger partial charge in [-0.3, -0.25) is 15.1 Å². The molecule has 2 saturated heterocycles. The Hall–Kier alpha value is -0.200. The van der Waals surface area contributed by atoms with Crippen LogP contribution < -0.4 is 5.32 Å². The van der Waals surface area contributed by atoms with Gasteiger partial charge in [0.05, 0.1) is 6.10 Å². The fourth-order valence-corrected chi connectivity index (χ4v) is 4.49. The molecule has 24 heavy (non-hydrogen) atoms. The first-order valence-electron chi connectivity index (χ1n) is 9.59. The smallest absolute Gasteiger partial charge is 0.102 e. The van der Waals surface area contributed by atoms with Gasteiger partial charge in [0.15, 0.2) is 0 Å². The van der Waals surface area contributed by atoms with Crippen molar-refractivity contribution in [1.29, 1.82) is 0 Å². The summed E-state index contributed by atoms with van der Waals surface area (Å²) in [5, 5.41) is 23.1. The third-order valence-corrected chi connectivity index (χ3v) is 5.77. The van der Waals surface area contributed by atoms with Crippen LogP contribution in [0.2, 0.25) is 0 Å². The molecule has 2 fully saturated rings. The first kappa shape index (κ1) is 20.1. The molecule has 0 spiro atoms. The van der Waals surface area contributed by atoms with Gasteiger partial charge in [0, 0.05) is 43.3 Å². The molecule has 2 aliphatic heterocycles. The molecule has 0 aromatic heterocycles. The van der Waals surface area contributed by atoms with Crippen molar-refractivity contribution in [2.45, 2.75) is 90.3 Å². The van der Waals surface area contributed by atoms with Gasteiger partial charge in [-0.2, -0.15) is 0 Å². The van der Waals surface area contributed by atoms with Crippen LogP contribution in [0.1, 0.15) is 60.8 Å². The quantitative estimate of drug-likeness (QED) is 0.664. The molecule has 0 aromatic rings. The number of β-amino-alcohol motifs (C(OH)–C–C–N with tert-alkyl or cyclic N) is 1. The lowest BCUT2D eigenvalue weighted by Gasteiger charge is -2.46. The molecular weight excluding hydrogens is 302 g/mol. The van der Waals surface area contributed by atoms with Gasteiger partial charge in [-0.1, -0.05) is 0 Å². The summed E-state index contributed by atoms with van der Waals surface area (Å²) in [6.45, 7) is 17.1. The van der Waals surface area contributed by atoms with E-state index in [2.05, 4.69) is 49.7 Å². The van der Waals surface area contributed by atoms with E-state index in [4.69, 9.17) is 0 Å². The summed E-state index contributed by atoms with van der Waals surface area (Å²) >= 11 is 0. The van der Waals surface area contributed by atoms with Crippen molar-refractivity contribution >= 4 is 0 Å². The highest BCUT2D eigenvalue weighted by Crippen LogP contribution is 2.33. The summed E-state index contributed by atoms with van der Waals surface area (Å²) in [7, 11) is 0. The van der Waals surface area contributed by atoms with Crippen molar-refractivity contribution in [3.05, 3.63) is 0 Å². The van der Waals surface area contributed by atoms with E-state index in [1.807, 2.05) is 0 Å². The minimum Gasteiger partial charge on any atom is -0.392 e. The fourth-order valence-electron chi connectivity index (χ4n) is 4.49. The molecule has 5 nitrogen and oxygen atoms in total. The zero-order chi connectivity index (χ0) is 18.1. The molecule has 4 atom stereocenters. The van der Waals surface area contributed by atoms with Crippen LogP contribution in [0.3, 0.4) is 0 Å². The largest absolute Gasteiger partial charge is 0.392 e. The van der Waals surface area contributed by atoms with Gasteiger partial charge in [-0.15, -0.1) is 0 Å². The van der Waals surface area contributed by atoms with E-state index in [9.17, 15) is 10.2 Å². The average molecular weight is 342 g/mol. The minimum absolute atomic E-state index is 0.115. The van der Waals surface area contributed by atoms with E-state index in [0.29, 0.717) is 12.0 Å². The minimum atomic E-state index is -0.438. The highest BCUT2D eigenvalue weighted by atomic mass is 16.3. The summed E-state index contributed by atoms with van der Waals surface area (Å²) < 4.78 is 0. The van der Waals surface area contributed by atoms with Crippen molar-refractivity contribution < 1.29 is 10.2 Å². The first-order valence-corrected chi connectivity index (χ1v) is 9.59. The van der Waals surface area contributed by atoms with Crippen LogP contribution in [-0.4, -0.2) is 75.6 Å². The van der Waals surface area contributed by atoms with E-state index in [1.165, 1.54) is 0 Å². The number of hydrogen-bond donors (Lipinski definition) is 3. The molecule has 5 heteroatoms. The number of piperidine rings is 1. The van der Waals surface area contributed by atoms with Crippen molar-refractivity contribution in [1.82, 2.24) is 15.1 Å². The number of aliphatic hydroxyl groups is 2. The van der Waals surface area contributed by atoms with E-state index in [1.54, 1.807) is 6.92 Å². The van der Waals surface area contributed by atoms with E-state index < -0.39 is 6.23 Å². The summed E-state index contributed by atoms with van der Waals surface area (Å²) in [5.41, 5.74) is 0.240. The second-order valence-corrected chi connectivity index (χ2v) is 9.62. The average Bonchev–Trinajstić information content (AvgIpc) is 2.84. The van der Waals surface area contributed by atoms with Gasteiger partial charge < -0.3 is 10.2 Å². The normalized spacial score (nSPS) is 32.2. The summed E-state index contributed by atoms with van der Waals surface area (Å²) in [5.74, 6) is 0.534. The molecule has 0 aromatic carbocycles. The molecule has 2 aliphatic rings. The van der Waals surface area contributed by atoms with Crippen LogP contribution >= 0.6 is 0 Å². The lowest BCUT2D eigenvalue weighted by molar-refractivity contribution is -0.0196. The predicted molar refractivity (Wildman–Crippen MR) is 98.9 cm³/mol. The number of nitrogens with zero attached hydrogens (tertiary/aromatic N) is 2. The first-order chi connectivity index (χ1) is 11.0. The van der Waals surface area contributed by atoms with Gasteiger partial charge in [0.1, 0.15) is 6.23 Å². The Kier molecular flexibility index (Phi) is 6.36. The van der Waals surface area contributed by atoms with Crippen LogP contribution in [-0.2, 0) is 0 Å². The number of rotatable bonds is 5. The van der Waals surface area contributed by atoms with Crippen molar-refractivity contribution in [2.24, 2.45) is 5.92 Å². The van der Waals surface area contributed by atoms with Crippen molar-refractivity contribution in [2.75, 3.05) is 26.2 Å². The second kappa shape index (κ2) is 7.58. The molecule has 142 valence electrons. The molecule has 0 saturated carbocycles. The lowest BCUT2D eigenvalue weighted by atomic mass is 9.82. The standard InChI is InChI=1S/C19H39N3O2/c1-14(23)20-16-7-8-21(12-16)19(5,6)10-15-9-17(24)13-22(11-15)18(2,3)4/h14-17,20,23-24H,7-13H2,1-6H3. The Morgan fingerprint density at radius 1 is 1.08 bits per heavy atom. The molecule has 0 aliphatic carbocycles. The van der Waals surface area contributed by atoms with Crippen LogP contribution in [0.4, 0.5) is 0 Å². The topological polar surface area (TPSA) is 59.0 Å². The van der Waals surface area contributed by atoms with Gasteiger partial charge in [-0.05, 0) is 66.7 Å². The Labute approximate surface area is 148 Å².